The van der Waals surface area contributed by atoms with Crippen molar-refractivity contribution in [1.82, 2.24) is 4.98 Å². The molecular formula is C51H69NO8S. The van der Waals surface area contributed by atoms with E-state index in [4.69, 9.17) is 23.9 Å². The molecule has 0 amide bonds. The Morgan fingerprint density at radius 2 is 0.951 bits per heavy atom. The Kier molecular flexibility index (Phi) is 16.7. The predicted molar refractivity (Wildman–Crippen MR) is 239 cm³/mol. The number of carbonyl (C=O) groups excluding carboxylic acids is 4. The van der Waals surface area contributed by atoms with Crippen LogP contribution in [0.1, 0.15) is 168 Å². The number of esters is 4. The van der Waals surface area contributed by atoms with Crippen LogP contribution >= 0.6 is 11.3 Å². The Balaban J connectivity index is 0.904. The van der Waals surface area contributed by atoms with Gasteiger partial charge in [-0.15, -0.1) is 11.3 Å². The first-order chi connectivity index (χ1) is 29.8. The third-order valence-corrected chi connectivity index (χ3v) is 15.4. The van der Waals surface area contributed by atoms with Crippen molar-refractivity contribution in [2.24, 2.45) is 35.5 Å². The van der Waals surface area contributed by atoms with Crippen LogP contribution < -0.4 is 9.47 Å². The van der Waals surface area contributed by atoms with Gasteiger partial charge in [0.1, 0.15) is 27.4 Å². The molecule has 61 heavy (non-hydrogen) atoms. The van der Waals surface area contributed by atoms with E-state index in [1.54, 1.807) is 12.1 Å². The molecule has 4 saturated carbocycles. The molecule has 4 aliphatic rings. The molecule has 1 heterocycles. The van der Waals surface area contributed by atoms with Gasteiger partial charge in [-0.2, -0.15) is 0 Å². The highest BCUT2D eigenvalue weighted by Crippen LogP contribution is 2.43. The van der Waals surface area contributed by atoms with Gasteiger partial charge in [-0.3, -0.25) is 19.2 Å². The molecule has 4 aliphatic carbocycles. The number of ether oxygens (including phenoxy) is 4. The summed E-state index contributed by atoms with van der Waals surface area (Å²) in [6.07, 6.45) is 23.0. The summed E-state index contributed by atoms with van der Waals surface area (Å²) in [4.78, 5) is 58.3. The topological polar surface area (TPSA) is 118 Å². The van der Waals surface area contributed by atoms with E-state index in [9.17, 15) is 19.2 Å². The second-order valence-corrected chi connectivity index (χ2v) is 19.7. The van der Waals surface area contributed by atoms with E-state index in [1.807, 2.05) is 30.3 Å². The van der Waals surface area contributed by atoms with Crippen LogP contribution in [0.3, 0.4) is 0 Å². The number of unbranched alkanes of at least 4 members (excludes halogenated alkanes) is 4. The molecule has 0 saturated heterocycles. The van der Waals surface area contributed by atoms with E-state index in [0.717, 1.165) is 73.8 Å². The van der Waals surface area contributed by atoms with Crippen molar-refractivity contribution in [2.75, 3.05) is 0 Å². The number of benzene rings is 2. The number of hydrogen-bond acceptors (Lipinski definition) is 10. The lowest BCUT2D eigenvalue weighted by molar-refractivity contribution is -0.159. The zero-order chi connectivity index (χ0) is 42.6. The van der Waals surface area contributed by atoms with E-state index >= 15 is 0 Å². The zero-order valence-electron chi connectivity index (χ0n) is 36.8. The highest BCUT2D eigenvalue weighted by molar-refractivity contribution is 7.22. The average Bonchev–Trinajstić information content (AvgIpc) is 3.75. The Morgan fingerprint density at radius 3 is 1.43 bits per heavy atom. The van der Waals surface area contributed by atoms with Crippen LogP contribution in [-0.2, 0) is 28.7 Å². The first kappa shape index (κ1) is 45.2. The summed E-state index contributed by atoms with van der Waals surface area (Å²) >= 11 is 1.40. The molecule has 0 bridgehead atoms. The van der Waals surface area contributed by atoms with Crippen LogP contribution in [-0.4, -0.2) is 41.1 Å². The second kappa shape index (κ2) is 22.5. The summed E-state index contributed by atoms with van der Waals surface area (Å²) in [6.45, 7) is 4.47. The Bertz CT molecular complexity index is 1760. The van der Waals surface area contributed by atoms with E-state index in [1.165, 1.54) is 62.7 Å². The third-order valence-electron chi connectivity index (χ3n) is 14.3. The van der Waals surface area contributed by atoms with E-state index in [-0.39, 0.29) is 59.8 Å². The highest BCUT2D eigenvalue weighted by Gasteiger charge is 2.35. The van der Waals surface area contributed by atoms with Gasteiger partial charge in [0.25, 0.3) is 0 Å². The molecule has 0 unspecified atom stereocenters. The summed E-state index contributed by atoms with van der Waals surface area (Å²) < 4.78 is 24.8. The Morgan fingerprint density at radius 1 is 0.525 bits per heavy atom. The first-order valence-electron chi connectivity index (χ1n) is 24.1. The van der Waals surface area contributed by atoms with Gasteiger partial charge in [0.05, 0.1) is 23.7 Å². The minimum atomic E-state index is -0.320. The normalized spacial score (nSPS) is 26.9. The fourth-order valence-electron chi connectivity index (χ4n) is 10.3. The number of nitrogens with zero attached hydrogens (tertiary/aromatic N) is 1. The molecule has 10 heteroatoms. The van der Waals surface area contributed by atoms with Gasteiger partial charge < -0.3 is 18.9 Å². The van der Waals surface area contributed by atoms with Crippen LogP contribution in [0.5, 0.6) is 11.5 Å². The molecule has 0 N–H and O–H groups in total. The van der Waals surface area contributed by atoms with Gasteiger partial charge in [0, 0.05) is 5.56 Å². The van der Waals surface area contributed by atoms with Crippen molar-refractivity contribution in [1.29, 1.82) is 0 Å². The van der Waals surface area contributed by atoms with Crippen molar-refractivity contribution in [2.45, 2.75) is 180 Å². The molecule has 0 aliphatic heterocycles. The monoisotopic (exact) mass is 855 g/mol. The van der Waals surface area contributed by atoms with Gasteiger partial charge >= 0.3 is 23.9 Å². The molecular weight excluding hydrogens is 787 g/mol. The van der Waals surface area contributed by atoms with Crippen LogP contribution in [0.4, 0.5) is 0 Å². The standard InChI is InChI=1S/C51H69NO8S/c1-3-5-8-12-34-16-20-37(21-17-34)48(53)57-41-28-24-39(25-29-41)50(55)59-43-32-33-44(46-45(43)52-47(61-46)36-14-10-7-11-15-36)60-51(56)40-26-30-42(31-27-40)58-49(54)38-22-18-35(19-23-38)13-9-6-4-2/h7,10-11,14-15,32-35,37-42H,3-6,8-9,12-13,16-31H2,1-2H3/t34-,35?,37-,38?,39?,40?,41?,42?. The van der Waals surface area contributed by atoms with Crippen molar-refractivity contribution >= 4 is 45.4 Å². The highest BCUT2D eigenvalue weighted by atomic mass is 32.1. The molecule has 332 valence electrons. The van der Waals surface area contributed by atoms with E-state index < -0.39 is 0 Å². The number of hydrogen-bond donors (Lipinski definition) is 0. The third kappa shape index (κ3) is 12.4. The second-order valence-electron chi connectivity index (χ2n) is 18.7. The maximum Gasteiger partial charge on any atom is 0.314 e. The van der Waals surface area contributed by atoms with Crippen LogP contribution in [0, 0.1) is 35.5 Å². The van der Waals surface area contributed by atoms with Crippen LogP contribution in [0.25, 0.3) is 20.8 Å². The zero-order valence-corrected chi connectivity index (χ0v) is 37.6. The number of fused-ring (bicyclic) bond motifs is 1. The molecule has 0 radical (unpaired) electrons. The molecule has 2 aromatic carbocycles. The number of thiazole rings is 1. The Hall–Kier alpha value is -3.79. The van der Waals surface area contributed by atoms with Crippen molar-refractivity contribution in [3.63, 3.8) is 0 Å². The fourth-order valence-corrected chi connectivity index (χ4v) is 11.3. The number of rotatable bonds is 17. The molecule has 0 atom stereocenters. The van der Waals surface area contributed by atoms with Crippen molar-refractivity contribution in [3.05, 3.63) is 42.5 Å². The van der Waals surface area contributed by atoms with Crippen LogP contribution in [0.2, 0.25) is 0 Å². The lowest BCUT2D eigenvalue weighted by atomic mass is 9.79. The van der Waals surface area contributed by atoms with E-state index in [2.05, 4.69) is 13.8 Å². The minimum Gasteiger partial charge on any atom is -0.462 e. The lowest BCUT2D eigenvalue weighted by Gasteiger charge is -2.31. The van der Waals surface area contributed by atoms with Gasteiger partial charge in [-0.05, 0) is 127 Å². The summed E-state index contributed by atoms with van der Waals surface area (Å²) in [5.41, 5.74) is 1.40. The number of aromatic nitrogens is 1. The van der Waals surface area contributed by atoms with Crippen molar-refractivity contribution in [3.8, 4) is 22.1 Å². The lowest BCUT2D eigenvalue weighted by Crippen LogP contribution is -2.32. The van der Waals surface area contributed by atoms with Gasteiger partial charge in [-0.25, -0.2) is 4.98 Å². The molecule has 9 nitrogen and oxygen atoms in total. The minimum absolute atomic E-state index is 0.000513. The van der Waals surface area contributed by atoms with Gasteiger partial charge in [0.15, 0.2) is 11.5 Å². The summed E-state index contributed by atoms with van der Waals surface area (Å²) in [5.74, 6) is 0.865. The fraction of sp³-hybridized carbons (Fsp3) is 0.667. The predicted octanol–water partition coefficient (Wildman–Crippen LogP) is 12.8. The molecule has 7 rings (SSSR count). The first-order valence-corrected chi connectivity index (χ1v) is 24.9. The van der Waals surface area contributed by atoms with Gasteiger partial charge in [0.2, 0.25) is 0 Å². The average molecular weight is 856 g/mol. The SMILES string of the molecule is CCCCCC1CCC(C(=O)OC2CCC(C(=O)Oc3ccc(OC(=O)C4CCC(OC(=O)[C@H]5CC[C@H](CCCCC)CC5)CC4)c4nc(-c5ccccc5)sc34)CC2)CC1. The molecule has 4 fully saturated rings. The largest absolute Gasteiger partial charge is 0.462 e. The maximum absolute atomic E-state index is 13.6. The van der Waals surface area contributed by atoms with E-state index in [0.29, 0.717) is 73.1 Å². The Labute approximate surface area is 367 Å². The molecule has 1 aromatic heterocycles. The van der Waals surface area contributed by atoms with Crippen LogP contribution in [0.15, 0.2) is 42.5 Å². The quantitative estimate of drug-likeness (QED) is 0.0742. The number of carbonyl (C=O) groups is 4. The van der Waals surface area contributed by atoms with Gasteiger partial charge in [-0.1, -0.05) is 95.5 Å². The summed E-state index contributed by atoms with van der Waals surface area (Å²) in [5, 5.41) is 0.732. The molecule has 0 spiro atoms. The summed E-state index contributed by atoms with van der Waals surface area (Å²) in [6, 6.07) is 13.2. The van der Waals surface area contributed by atoms with Crippen molar-refractivity contribution < 1.29 is 38.1 Å². The summed E-state index contributed by atoms with van der Waals surface area (Å²) in [7, 11) is 0. The maximum atomic E-state index is 13.6. The molecule has 3 aromatic rings. The smallest absolute Gasteiger partial charge is 0.314 e.